The van der Waals surface area contributed by atoms with Gasteiger partial charge in [-0.3, -0.25) is 9.59 Å². The van der Waals surface area contributed by atoms with Crippen LogP contribution in [0.3, 0.4) is 0 Å². The van der Waals surface area contributed by atoms with E-state index in [1.54, 1.807) is 54.2 Å². The SMILES string of the molecule is CNC(=O)c1ccc(NC(=O)c2cccc(-c3nnnn3C(C)C)c2)cc1. The van der Waals surface area contributed by atoms with E-state index in [4.69, 9.17) is 0 Å². The molecule has 2 aromatic carbocycles. The van der Waals surface area contributed by atoms with E-state index >= 15 is 0 Å². The van der Waals surface area contributed by atoms with Gasteiger partial charge in [0.25, 0.3) is 11.8 Å². The van der Waals surface area contributed by atoms with Crippen LogP contribution in [0.25, 0.3) is 11.4 Å². The first-order chi connectivity index (χ1) is 13.0. The lowest BCUT2D eigenvalue weighted by molar-refractivity contribution is 0.0962. The van der Waals surface area contributed by atoms with Crippen LogP contribution >= 0.6 is 0 Å². The fraction of sp³-hybridized carbons (Fsp3) is 0.211. The fourth-order valence-corrected chi connectivity index (χ4v) is 2.58. The third-order valence-electron chi connectivity index (χ3n) is 4.00. The first-order valence-corrected chi connectivity index (χ1v) is 8.51. The van der Waals surface area contributed by atoms with Gasteiger partial charge in [-0.1, -0.05) is 12.1 Å². The Bertz CT molecular complexity index is 962. The standard InChI is InChI=1S/C19H20N6O2/c1-12(2)25-17(22-23-24-25)14-5-4-6-15(11-14)19(27)21-16-9-7-13(8-10-16)18(26)20-3/h4-12H,1-3H3,(H,20,26)(H,21,27). The predicted molar refractivity (Wildman–Crippen MR) is 101 cm³/mol. The second-order valence-electron chi connectivity index (χ2n) is 6.23. The largest absolute Gasteiger partial charge is 0.355 e. The van der Waals surface area contributed by atoms with Crippen molar-refractivity contribution in [3.05, 3.63) is 59.7 Å². The van der Waals surface area contributed by atoms with Crippen LogP contribution in [-0.2, 0) is 0 Å². The van der Waals surface area contributed by atoms with E-state index in [2.05, 4.69) is 26.2 Å². The highest BCUT2D eigenvalue weighted by Crippen LogP contribution is 2.21. The summed E-state index contributed by atoms with van der Waals surface area (Å²) in [5, 5.41) is 17.1. The molecule has 1 aromatic heterocycles. The highest BCUT2D eigenvalue weighted by Gasteiger charge is 2.14. The molecule has 0 aliphatic rings. The summed E-state index contributed by atoms with van der Waals surface area (Å²) < 4.78 is 1.70. The number of amides is 2. The second-order valence-corrected chi connectivity index (χ2v) is 6.23. The fourth-order valence-electron chi connectivity index (χ4n) is 2.58. The van der Waals surface area contributed by atoms with Gasteiger partial charge in [-0.05, 0) is 60.7 Å². The first-order valence-electron chi connectivity index (χ1n) is 8.51. The summed E-state index contributed by atoms with van der Waals surface area (Å²) in [7, 11) is 1.57. The maximum atomic E-state index is 12.6. The third-order valence-corrected chi connectivity index (χ3v) is 4.00. The molecule has 27 heavy (non-hydrogen) atoms. The Morgan fingerprint density at radius 2 is 1.74 bits per heavy atom. The lowest BCUT2D eigenvalue weighted by atomic mass is 10.1. The van der Waals surface area contributed by atoms with Gasteiger partial charge in [0.15, 0.2) is 5.82 Å². The number of nitrogens with one attached hydrogen (secondary N) is 2. The molecule has 0 saturated carbocycles. The van der Waals surface area contributed by atoms with Crippen LogP contribution in [0, 0.1) is 0 Å². The molecule has 0 spiro atoms. The van der Waals surface area contributed by atoms with Gasteiger partial charge >= 0.3 is 0 Å². The molecule has 0 unspecified atom stereocenters. The Morgan fingerprint density at radius 1 is 1.00 bits per heavy atom. The molecule has 8 heteroatoms. The summed E-state index contributed by atoms with van der Waals surface area (Å²) in [4.78, 5) is 24.2. The molecular formula is C19H20N6O2. The molecule has 0 saturated heterocycles. The molecule has 2 amide bonds. The van der Waals surface area contributed by atoms with Crippen molar-refractivity contribution >= 4 is 17.5 Å². The third kappa shape index (κ3) is 4.00. The van der Waals surface area contributed by atoms with Gasteiger partial charge < -0.3 is 10.6 Å². The molecule has 0 bridgehead atoms. The average Bonchev–Trinajstić information content (AvgIpc) is 3.18. The molecule has 3 aromatic rings. The Morgan fingerprint density at radius 3 is 2.41 bits per heavy atom. The predicted octanol–water partition coefficient (Wildman–Crippen LogP) is 2.53. The summed E-state index contributed by atoms with van der Waals surface area (Å²) >= 11 is 0. The van der Waals surface area contributed by atoms with Gasteiger partial charge in [0.1, 0.15) is 0 Å². The van der Waals surface area contributed by atoms with Crippen molar-refractivity contribution in [1.29, 1.82) is 0 Å². The number of hydrogen-bond donors (Lipinski definition) is 2. The molecule has 138 valence electrons. The molecule has 8 nitrogen and oxygen atoms in total. The smallest absolute Gasteiger partial charge is 0.255 e. The second kappa shape index (κ2) is 7.77. The van der Waals surface area contributed by atoms with Crippen molar-refractivity contribution in [2.24, 2.45) is 0 Å². The molecule has 1 heterocycles. The van der Waals surface area contributed by atoms with Crippen LogP contribution in [0.15, 0.2) is 48.5 Å². The molecule has 0 radical (unpaired) electrons. The van der Waals surface area contributed by atoms with E-state index in [1.165, 1.54) is 0 Å². The molecule has 0 aliphatic heterocycles. The van der Waals surface area contributed by atoms with Gasteiger partial charge in [0, 0.05) is 29.4 Å². The Labute approximate surface area is 156 Å². The number of hydrogen-bond acceptors (Lipinski definition) is 5. The van der Waals surface area contributed by atoms with Crippen LogP contribution < -0.4 is 10.6 Å². The quantitative estimate of drug-likeness (QED) is 0.724. The lowest BCUT2D eigenvalue weighted by Gasteiger charge is -2.09. The number of nitrogens with zero attached hydrogens (tertiary/aromatic N) is 4. The van der Waals surface area contributed by atoms with Crippen molar-refractivity contribution in [2.75, 3.05) is 12.4 Å². The van der Waals surface area contributed by atoms with Gasteiger partial charge in [-0.25, -0.2) is 4.68 Å². The summed E-state index contributed by atoms with van der Waals surface area (Å²) in [5.41, 5.74) is 2.38. The highest BCUT2D eigenvalue weighted by atomic mass is 16.2. The monoisotopic (exact) mass is 364 g/mol. The van der Waals surface area contributed by atoms with Crippen molar-refractivity contribution in [3.63, 3.8) is 0 Å². The summed E-state index contributed by atoms with van der Waals surface area (Å²) in [5.74, 6) is 0.172. The zero-order valence-corrected chi connectivity index (χ0v) is 15.3. The van der Waals surface area contributed by atoms with Crippen molar-refractivity contribution in [3.8, 4) is 11.4 Å². The van der Waals surface area contributed by atoms with Crippen LogP contribution in [-0.4, -0.2) is 39.1 Å². The number of carbonyl (C=O) groups is 2. The summed E-state index contributed by atoms with van der Waals surface area (Å²) in [6, 6.07) is 13.9. The molecule has 0 atom stereocenters. The first kappa shape index (κ1) is 18.2. The average molecular weight is 364 g/mol. The van der Waals surface area contributed by atoms with Crippen LogP contribution in [0.5, 0.6) is 0 Å². The Kier molecular flexibility index (Phi) is 5.25. The van der Waals surface area contributed by atoms with E-state index < -0.39 is 0 Å². The number of anilines is 1. The maximum absolute atomic E-state index is 12.6. The number of rotatable bonds is 5. The summed E-state index contributed by atoms with van der Waals surface area (Å²) in [6.45, 7) is 3.97. The number of tetrazole rings is 1. The van der Waals surface area contributed by atoms with Gasteiger partial charge in [0.05, 0.1) is 6.04 Å². The van der Waals surface area contributed by atoms with Gasteiger partial charge in [-0.15, -0.1) is 5.10 Å². The molecule has 2 N–H and O–H groups in total. The molecule has 0 fully saturated rings. The van der Waals surface area contributed by atoms with Crippen molar-refractivity contribution < 1.29 is 9.59 Å². The zero-order valence-electron chi connectivity index (χ0n) is 15.3. The van der Waals surface area contributed by atoms with Gasteiger partial charge in [0.2, 0.25) is 0 Å². The van der Waals surface area contributed by atoms with Crippen LogP contribution in [0.2, 0.25) is 0 Å². The van der Waals surface area contributed by atoms with Crippen molar-refractivity contribution in [2.45, 2.75) is 19.9 Å². The Hall–Kier alpha value is -3.55. The van der Waals surface area contributed by atoms with E-state index in [0.717, 1.165) is 5.56 Å². The topological polar surface area (TPSA) is 102 Å². The van der Waals surface area contributed by atoms with E-state index in [1.807, 2.05) is 19.9 Å². The minimum absolute atomic E-state index is 0.103. The minimum Gasteiger partial charge on any atom is -0.355 e. The number of aromatic nitrogens is 4. The normalized spacial score (nSPS) is 10.7. The summed E-state index contributed by atoms with van der Waals surface area (Å²) in [6.07, 6.45) is 0. The number of carbonyl (C=O) groups excluding carboxylic acids is 2. The van der Waals surface area contributed by atoms with Crippen molar-refractivity contribution in [1.82, 2.24) is 25.5 Å². The highest BCUT2D eigenvalue weighted by molar-refractivity contribution is 6.05. The molecular weight excluding hydrogens is 344 g/mol. The molecule has 3 rings (SSSR count). The van der Waals surface area contributed by atoms with Crippen LogP contribution in [0.4, 0.5) is 5.69 Å². The van der Waals surface area contributed by atoms with Gasteiger partial charge in [-0.2, -0.15) is 0 Å². The lowest BCUT2D eigenvalue weighted by Crippen LogP contribution is -2.18. The Balaban J connectivity index is 1.79. The minimum atomic E-state index is -0.256. The van der Waals surface area contributed by atoms with E-state index in [9.17, 15) is 9.59 Å². The van der Waals surface area contributed by atoms with E-state index in [0.29, 0.717) is 22.6 Å². The zero-order chi connectivity index (χ0) is 19.4. The maximum Gasteiger partial charge on any atom is 0.255 e. The van der Waals surface area contributed by atoms with E-state index in [-0.39, 0.29) is 17.9 Å². The number of benzene rings is 2. The molecule has 0 aliphatic carbocycles. The van der Waals surface area contributed by atoms with Crippen LogP contribution in [0.1, 0.15) is 40.6 Å².